The highest BCUT2D eigenvalue weighted by molar-refractivity contribution is 6.02. The number of anilines is 2. The van der Waals surface area contributed by atoms with Gasteiger partial charge in [-0.25, -0.2) is 9.59 Å². The molecule has 0 spiro atoms. The monoisotopic (exact) mass is 576 g/mol. The Balaban J connectivity index is 1.39. The molecule has 0 radical (unpaired) electrons. The van der Waals surface area contributed by atoms with Gasteiger partial charge in [0.05, 0.1) is 24.1 Å². The number of nitrogens with one attached hydrogen (secondary N) is 2. The minimum absolute atomic E-state index is 0.0962. The van der Waals surface area contributed by atoms with Crippen LogP contribution >= 0.6 is 0 Å². The van der Waals surface area contributed by atoms with Crippen LogP contribution in [0.5, 0.6) is 0 Å². The van der Waals surface area contributed by atoms with Crippen molar-refractivity contribution in [2.75, 3.05) is 63.1 Å². The van der Waals surface area contributed by atoms with Gasteiger partial charge in [0, 0.05) is 56.2 Å². The number of hydrogen-bond acceptors (Lipinski definition) is 7. The Morgan fingerprint density at radius 2 is 1.50 bits per heavy atom. The Labute approximate surface area is 245 Å². The van der Waals surface area contributed by atoms with Crippen LogP contribution in [0.25, 0.3) is 10.9 Å². The maximum absolute atomic E-state index is 13.7. The summed E-state index contributed by atoms with van der Waals surface area (Å²) in [5, 5.41) is 5.91. The largest absolute Gasteiger partial charge is 0.379 e. The molecular formula is C31H40N6O5. The van der Waals surface area contributed by atoms with E-state index in [1.54, 1.807) is 47.0 Å². The van der Waals surface area contributed by atoms with Gasteiger partial charge in [-0.1, -0.05) is 18.6 Å². The maximum atomic E-state index is 13.7. The summed E-state index contributed by atoms with van der Waals surface area (Å²) in [6.45, 7) is 8.93. The third-order valence-corrected chi connectivity index (χ3v) is 8.06. The predicted octanol–water partition coefficient (Wildman–Crippen LogP) is 3.22. The van der Waals surface area contributed by atoms with Crippen molar-refractivity contribution in [3.8, 4) is 0 Å². The van der Waals surface area contributed by atoms with Gasteiger partial charge in [-0.15, -0.1) is 0 Å². The van der Waals surface area contributed by atoms with Gasteiger partial charge >= 0.3 is 11.7 Å². The molecule has 0 aliphatic carbocycles. The van der Waals surface area contributed by atoms with Crippen molar-refractivity contribution >= 4 is 34.1 Å². The molecule has 5 rings (SSSR count). The van der Waals surface area contributed by atoms with Gasteiger partial charge in [-0.05, 0) is 69.6 Å². The summed E-state index contributed by atoms with van der Waals surface area (Å²) in [5.41, 5.74) is 1.32. The third-order valence-electron chi connectivity index (χ3n) is 8.06. The minimum atomic E-state index is -0.501. The standard InChI is InChI=1S/C31H40N6O5/c1-23(38)24-7-5-8-25(21-24)32-30(40)33-26-9-10-28-27(22-26)29(39)37(14-6-13-35-17-19-42-20-18-35)31(41)36(28)16-15-34-11-3-2-4-12-34/h5,7-10,21-22H,2-4,6,11-20H2,1H3,(H2,32,33,40). The first kappa shape index (κ1) is 29.7. The lowest BCUT2D eigenvalue weighted by Gasteiger charge is -2.27. The molecule has 0 bridgehead atoms. The van der Waals surface area contributed by atoms with E-state index in [-0.39, 0.29) is 17.0 Å². The van der Waals surface area contributed by atoms with Crippen molar-refractivity contribution in [2.45, 2.75) is 45.7 Å². The van der Waals surface area contributed by atoms with E-state index in [1.807, 2.05) is 0 Å². The van der Waals surface area contributed by atoms with Crippen LogP contribution in [0, 0.1) is 0 Å². The number of ether oxygens (including phenoxy) is 1. The number of Topliss-reactive ketones (excluding diaryl/α,β-unsaturated/α-hetero) is 1. The summed E-state index contributed by atoms with van der Waals surface area (Å²) < 4.78 is 8.48. The number of carbonyl (C=O) groups is 2. The molecule has 0 atom stereocenters. The molecule has 1 aromatic heterocycles. The summed E-state index contributed by atoms with van der Waals surface area (Å²) in [6.07, 6.45) is 4.23. The van der Waals surface area contributed by atoms with Crippen molar-refractivity contribution in [2.24, 2.45) is 0 Å². The van der Waals surface area contributed by atoms with E-state index in [2.05, 4.69) is 20.4 Å². The van der Waals surface area contributed by atoms with E-state index in [1.165, 1.54) is 17.9 Å². The second kappa shape index (κ2) is 13.9. The zero-order valence-electron chi connectivity index (χ0n) is 24.3. The van der Waals surface area contributed by atoms with Gasteiger partial charge in [0.15, 0.2) is 5.78 Å². The highest BCUT2D eigenvalue weighted by Gasteiger charge is 2.17. The molecule has 224 valence electrons. The van der Waals surface area contributed by atoms with Gasteiger partial charge in [0.2, 0.25) is 0 Å². The summed E-state index contributed by atoms with van der Waals surface area (Å²) >= 11 is 0. The Morgan fingerprint density at radius 3 is 2.24 bits per heavy atom. The lowest BCUT2D eigenvalue weighted by atomic mass is 10.1. The predicted molar refractivity (Wildman–Crippen MR) is 164 cm³/mol. The van der Waals surface area contributed by atoms with E-state index < -0.39 is 6.03 Å². The fourth-order valence-electron chi connectivity index (χ4n) is 5.73. The Morgan fingerprint density at radius 1 is 0.786 bits per heavy atom. The lowest BCUT2D eigenvalue weighted by Crippen LogP contribution is -2.43. The number of hydrogen-bond donors (Lipinski definition) is 2. The number of nitrogens with zero attached hydrogens (tertiary/aromatic N) is 4. The van der Waals surface area contributed by atoms with Crippen molar-refractivity contribution in [3.63, 3.8) is 0 Å². The highest BCUT2D eigenvalue weighted by atomic mass is 16.5. The second-order valence-electron chi connectivity index (χ2n) is 11.0. The van der Waals surface area contributed by atoms with Crippen molar-refractivity contribution in [1.82, 2.24) is 18.9 Å². The van der Waals surface area contributed by atoms with E-state index in [4.69, 9.17) is 4.74 Å². The Kier molecular flexibility index (Phi) is 9.83. The van der Waals surface area contributed by atoms with Gasteiger partial charge in [-0.3, -0.25) is 23.6 Å². The number of ketones is 1. The maximum Gasteiger partial charge on any atom is 0.331 e. The molecule has 0 unspecified atom stereocenters. The zero-order valence-corrected chi connectivity index (χ0v) is 24.3. The molecule has 42 heavy (non-hydrogen) atoms. The Bertz CT molecular complexity index is 1540. The molecular weight excluding hydrogens is 536 g/mol. The first-order chi connectivity index (χ1) is 20.4. The van der Waals surface area contributed by atoms with Crippen molar-refractivity contribution in [3.05, 3.63) is 68.9 Å². The number of piperidine rings is 1. The molecule has 2 aliphatic heterocycles. The molecule has 2 N–H and O–H groups in total. The van der Waals surface area contributed by atoms with Crippen molar-refractivity contribution < 1.29 is 14.3 Å². The number of morpholine rings is 1. The number of rotatable bonds is 10. The molecule has 0 saturated carbocycles. The number of carbonyl (C=O) groups excluding carboxylic acids is 2. The molecule has 11 heteroatoms. The van der Waals surface area contributed by atoms with Gasteiger partial charge in [0.25, 0.3) is 5.56 Å². The van der Waals surface area contributed by atoms with Gasteiger partial charge < -0.3 is 20.3 Å². The molecule has 3 aromatic rings. The van der Waals surface area contributed by atoms with Crippen molar-refractivity contribution in [1.29, 1.82) is 0 Å². The van der Waals surface area contributed by atoms with Crippen LogP contribution < -0.4 is 21.9 Å². The van der Waals surface area contributed by atoms with E-state index in [0.29, 0.717) is 60.6 Å². The molecule has 2 saturated heterocycles. The van der Waals surface area contributed by atoms with Crippen LogP contribution in [0.15, 0.2) is 52.1 Å². The first-order valence-electron chi connectivity index (χ1n) is 14.9. The molecule has 3 heterocycles. The SMILES string of the molecule is CC(=O)c1cccc(NC(=O)Nc2ccc3c(c2)c(=O)n(CCCN2CCOCC2)c(=O)n3CCN2CCCCC2)c1. The van der Waals surface area contributed by atoms with Crippen LogP contribution in [0.4, 0.5) is 16.2 Å². The van der Waals surface area contributed by atoms with Gasteiger partial charge in [-0.2, -0.15) is 0 Å². The molecule has 2 aliphatic rings. The van der Waals surface area contributed by atoms with Crippen LogP contribution in [-0.4, -0.2) is 83.2 Å². The van der Waals surface area contributed by atoms with Crippen LogP contribution in [0.1, 0.15) is 43.0 Å². The topological polar surface area (TPSA) is 118 Å². The van der Waals surface area contributed by atoms with Crippen LogP contribution in [0.3, 0.4) is 0 Å². The smallest absolute Gasteiger partial charge is 0.331 e. The number of aromatic nitrogens is 2. The lowest BCUT2D eigenvalue weighted by molar-refractivity contribution is 0.0368. The summed E-state index contributed by atoms with van der Waals surface area (Å²) in [6, 6.07) is 11.3. The summed E-state index contributed by atoms with van der Waals surface area (Å²) in [7, 11) is 0. The van der Waals surface area contributed by atoms with E-state index in [9.17, 15) is 19.2 Å². The molecule has 2 fully saturated rings. The highest BCUT2D eigenvalue weighted by Crippen LogP contribution is 2.18. The summed E-state index contributed by atoms with van der Waals surface area (Å²) in [5.74, 6) is -0.0962. The van der Waals surface area contributed by atoms with E-state index in [0.717, 1.165) is 52.1 Å². The minimum Gasteiger partial charge on any atom is -0.379 e. The summed E-state index contributed by atoms with van der Waals surface area (Å²) in [4.78, 5) is 56.5. The first-order valence-corrected chi connectivity index (χ1v) is 14.9. The quantitative estimate of drug-likeness (QED) is 0.356. The average Bonchev–Trinajstić information content (AvgIpc) is 3.00. The number of likely N-dealkylation sites (tertiary alicyclic amines) is 1. The fourth-order valence-corrected chi connectivity index (χ4v) is 5.73. The van der Waals surface area contributed by atoms with E-state index >= 15 is 0 Å². The normalized spacial score (nSPS) is 16.4. The third kappa shape index (κ3) is 7.33. The number of fused-ring (bicyclic) bond motifs is 1. The van der Waals surface area contributed by atoms with Crippen LogP contribution in [-0.2, 0) is 17.8 Å². The zero-order chi connectivity index (χ0) is 29.5. The molecule has 11 nitrogen and oxygen atoms in total. The fraction of sp³-hybridized carbons (Fsp3) is 0.484. The molecule has 2 aromatic carbocycles. The molecule has 2 amide bonds. The van der Waals surface area contributed by atoms with Crippen LogP contribution in [0.2, 0.25) is 0 Å². The second-order valence-corrected chi connectivity index (χ2v) is 11.0. The van der Waals surface area contributed by atoms with Gasteiger partial charge in [0.1, 0.15) is 0 Å². The number of urea groups is 1. The number of benzene rings is 2. The Hall–Kier alpha value is -3.80. The number of amides is 2. The average molecular weight is 577 g/mol.